The van der Waals surface area contributed by atoms with Gasteiger partial charge in [0.15, 0.2) is 5.65 Å². The zero-order chi connectivity index (χ0) is 16.4. The first kappa shape index (κ1) is 14.4. The number of nitrogens with zero attached hydrogens (tertiary/aromatic N) is 4. The summed E-state index contributed by atoms with van der Waals surface area (Å²) in [5, 5.41) is 4.75. The molecule has 3 heterocycles. The van der Waals surface area contributed by atoms with Gasteiger partial charge in [0.05, 0.1) is 30.9 Å². The first-order chi connectivity index (χ1) is 11.8. The molecule has 24 heavy (non-hydrogen) atoms. The Kier molecular flexibility index (Phi) is 3.67. The second-order valence-corrected chi connectivity index (χ2v) is 5.51. The van der Waals surface area contributed by atoms with Crippen LogP contribution in [-0.4, -0.2) is 26.7 Å². The average Bonchev–Trinajstić information content (AvgIpc) is 3.06. The smallest absolute Gasteiger partial charge is 0.154 e. The molecule has 0 N–H and O–H groups in total. The number of methoxy groups -OCH3 is 1. The van der Waals surface area contributed by atoms with Crippen molar-refractivity contribution in [3.8, 4) is 17.0 Å². The summed E-state index contributed by atoms with van der Waals surface area (Å²) in [7, 11) is 1.63. The van der Waals surface area contributed by atoms with Gasteiger partial charge in [-0.1, -0.05) is 30.3 Å². The maximum atomic E-state index is 5.26. The number of imidazole rings is 1. The van der Waals surface area contributed by atoms with Crippen molar-refractivity contribution in [1.29, 1.82) is 0 Å². The summed E-state index contributed by atoms with van der Waals surface area (Å²) in [4.78, 5) is 8.65. The molecular weight excluding hydrogens is 300 g/mol. The van der Waals surface area contributed by atoms with Crippen molar-refractivity contribution in [2.75, 3.05) is 7.11 Å². The molecule has 5 nitrogen and oxygen atoms in total. The van der Waals surface area contributed by atoms with Crippen LogP contribution >= 0.6 is 0 Å². The van der Waals surface area contributed by atoms with Crippen LogP contribution in [0.15, 0.2) is 67.1 Å². The molecule has 118 valence electrons. The Morgan fingerprint density at radius 2 is 1.88 bits per heavy atom. The van der Waals surface area contributed by atoms with Gasteiger partial charge in [-0.2, -0.15) is 5.10 Å². The minimum atomic E-state index is 0.711. The molecule has 4 rings (SSSR count). The average molecular weight is 316 g/mol. The van der Waals surface area contributed by atoms with Crippen molar-refractivity contribution in [2.45, 2.75) is 6.42 Å². The molecule has 0 amide bonds. The van der Waals surface area contributed by atoms with E-state index in [1.807, 2.05) is 47.1 Å². The number of benzene rings is 1. The quantitative estimate of drug-likeness (QED) is 0.579. The van der Waals surface area contributed by atoms with E-state index in [1.54, 1.807) is 19.5 Å². The number of hydrogen-bond donors (Lipinski definition) is 0. The molecule has 0 radical (unpaired) electrons. The fraction of sp³-hybridized carbons (Fsp3) is 0.105. The number of ether oxygens (including phenoxy) is 1. The van der Waals surface area contributed by atoms with E-state index in [4.69, 9.17) is 9.84 Å². The molecule has 1 aromatic carbocycles. The van der Waals surface area contributed by atoms with Crippen LogP contribution in [0.4, 0.5) is 0 Å². The zero-order valence-corrected chi connectivity index (χ0v) is 13.3. The monoisotopic (exact) mass is 316 g/mol. The van der Waals surface area contributed by atoms with E-state index >= 15 is 0 Å². The Hall–Kier alpha value is -3.21. The fourth-order valence-electron chi connectivity index (χ4n) is 2.68. The van der Waals surface area contributed by atoms with Crippen molar-refractivity contribution >= 4 is 5.65 Å². The van der Waals surface area contributed by atoms with E-state index in [-0.39, 0.29) is 0 Å². The summed E-state index contributed by atoms with van der Waals surface area (Å²) in [6.45, 7) is 0. The number of fused-ring (bicyclic) bond motifs is 1. The van der Waals surface area contributed by atoms with Crippen LogP contribution in [0.1, 0.15) is 11.3 Å². The molecule has 3 aromatic heterocycles. The summed E-state index contributed by atoms with van der Waals surface area (Å²) in [5.41, 5.74) is 4.85. The third kappa shape index (κ3) is 2.72. The molecule has 0 saturated carbocycles. The van der Waals surface area contributed by atoms with Gasteiger partial charge in [-0.05, 0) is 23.8 Å². The zero-order valence-electron chi connectivity index (χ0n) is 13.3. The summed E-state index contributed by atoms with van der Waals surface area (Å²) in [6.07, 6.45) is 6.06. The van der Waals surface area contributed by atoms with Crippen molar-refractivity contribution in [3.63, 3.8) is 0 Å². The first-order valence-electron chi connectivity index (χ1n) is 7.70. The predicted molar refractivity (Wildman–Crippen MR) is 92.0 cm³/mol. The van der Waals surface area contributed by atoms with Gasteiger partial charge in [-0.15, -0.1) is 0 Å². The Labute approximate surface area is 139 Å². The summed E-state index contributed by atoms with van der Waals surface area (Å²) >= 11 is 0. The number of rotatable bonds is 4. The van der Waals surface area contributed by atoms with E-state index in [2.05, 4.69) is 22.1 Å². The minimum Gasteiger partial charge on any atom is -0.495 e. The molecule has 0 aliphatic carbocycles. The lowest BCUT2D eigenvalue weighted by molar-refractivity contribution is 0.413. The summed E-state index contributed by atoms with van der Waals surface area (Å²) < 4.78 is 7.11. The second kappa shape index (κ2) is 6.12. The van der Waals surface area contributed by atoms with Crippen LogP contribution < -0.4 is 4.74 Å². The molecule has 0 fully saturated rings. The van der Waals surface area contributed by atoms with Gasteiger partial charge in [0.25, 0.3) is 0 Å². The number of pyridine rings is 1. The lowest BCUT2D eigenvalue weighted by atomic mass is 10.1. The molecule has 0 spiro atoms. The van der Waals surface area contributed by atoms with Gasteiger partial charge in [0.2, 0.25) is 0 Å². The first-order valence-corrected chi connectivity index (χ1v) is 7.70. The van der Waals surface area contributed by atoms with Crippen molar-refractivity contribution in [1.82, 2.24) is 19.6 Å². The highest BCUT2D eigenvalue weighted by molar-refractivity contribution is 5.63. The van der Waals surface area contributed by atoms with Crippen LogP contribution in [0.5, 0.6) is 5.75 Å². The molecule has 0 atom stereocenters. The van der Waals surface area contributed by atoms with E-state index in [1.165, 1.54) is 5.56 Å². The van der Waals surface area contributed by atoms with E-state index in [0.29, 0.717) is 5.75 Å². The van der Waals surface area contributed by atoms with Crippen LogP contribution in [0.25, 0.3) is 16.9 Å². The molecule has 0 saturated heterocycles. The molecule has 0 unspecified atom stereocenters. The molecule has 4 aromatic rings. The highest BCUT2D eigenvalue weighted by atomic mass is 16.5. The standard InChI is InChI=1S/C19H16N4O/c1-24-17-10-15(11-20-12-17)18-13-21-19-8-7-16(22-23(18)19)9-14-5-3-2-4-6-14/h2-8,10-13H,9H2,1H3. The second-order valence-electron chi connectivity index (χ2n) is 5.51. The fourth-order valence-corrected chi connectivity index (χ4v) is 2.68. The summed E-state index contributed by atoms with van der Waals surface area (Å²) in [6, 6.07) is 16.2. The van der Waals surface area contributed by atoms with Crippen LogP contribution in [0.3, 0.4) is 0 Å². The predicted octanol–water partition coefficient (Wildman–Crippen LogP) is 3.39. The van der Waals surface area contributed by atoms with E-state index in [9.17, 15) is 0 Å². The Morgan fingerprint density at radius 1 is 1.00 bits per heavy atom. The third-order valence-electron chi connectivity index (χ3n) is 3.89. The van der Waals surface area contributed by atoms with E-state index in [0.717, 1.165) is 29.0 Å². The third-order valence-corrected chi connectivity index (χ3v) is 3.89. The molecule has 5 heteroatoms. The van der Waals surface area contributed by atoms with Crippen LogP contribution in [0, 0.1) is 0 Å². The topological polar surface area (TPSA) is 52.3 Å². The van der Waals surface area contributed by atoms with Crippen molar-refractivity contribution in [2.24, 2.45) is 0 Å². The highest BCUT2D eigenvalue weighted by Gasteiger charge is 2.09. The van der Waals surface area contributed by atoms with Crippen molar-refractivity contribution < 1.29 is 4.74 Å². The SMILES string of the molecule is COc1cncc(-c2cnc3ccc(Cc4ccccc4)nn23)c1. The number of hydrogen-bond acceptors (Lipinski definition) is 4. The van der Waals surface area contributed by atoms with Crippen molar-refractivity contribution in [3.05, 3.63) is 78.4 Å². The lowest BCUT2D eigenvalue weighted by Crippen LogP contribution is -2.00. The normalized spacial score (nSPS) is 10.9. The lowest BCUT2D eigenvalue weighted by Gasteiger charge is -2.06. The van der Waals surface area contributed by atoms with Gasteiger partial charge in [-0.3, -0.25) is 4.98 Å². The number of aromatic nitrogens is 4. The molecule has 0 aliphatic heterocycles. The molecule has 0 aliphatic rings. The van der Waals surface area contributed by atoms with Gasteiger partial charge in [0, 0.05) is 18.2 Å². The van der Waals surface area contributed by atoms with Gasteiger partial charge >= 0.3 is 0 Å². The summed E-state index contributed by atoms with van der Waals surface area (Å²) in [5.74, 6) is 0.711. The van der Waals surface area contributed by atoms with Gasteiger partial charge < -0.3 is 4.74 Å². The Balaban J connectivity index is 1.76. The molecular formula is C19H16N4O. The van der Waals surface area contributed by atoms with E-state index < -0.39 is 0 Å². The van der Waals surface area contributed by atoms with Crippen LogP contribution in [0.2, 0.25) is 0 Å². The van der Waals surface area contributed by atoms with Crippen LogP contribution in [-0.2, 0) is 6.42 Å². The van der Waals surface area contributed by atoms with Gasteiger partial charge in [-0.25, -0.2) is 9.50 Å². The molecule has 0 bridgehead atoms. The minimum absolute atomic E-state index is 0.711. The maximum Gasteiger partial charge on any atom is 0.154 e. The highest BCUT2D eigenvalue weighted by Crippen LogP contribution is 2.23. The maximum absolute atomic E-state index is 5.26. The van der Waals surface area contributed by atoms with Gasteiger partial charge in [0.1, 0.15) is 5.75 Å². The Bertz CT molecular complexity index is 979. The Morgan fingerprint density at radius 3 is 2.71 bits per heavy atom. The largest absolute Gasteiger partial charge is 0.495 e.